The van der Waals surface area contributed by atoms with Crippen LogP contribution in [-0.2, 0) is 14.4 Å². The first-order chi connectivity index (χ1) is 14.2. The van der Waals surface area contributed by atoms with Crippen molar-refractivity contribution in [2.45, 2.75) is 96.6 Å². The van der Waals surface area contributed by atoms with Crippen LogP contribution in [0.3, 0.4) is 0 Å². The molecule has 1 aliphatic carbocycles. The first kappa shape index (κ1) is 24.6. The van der Waals surface area contributed by atoms with Gasteiger partial charge in [0.1, 0.15) is 5.54 Å². The lowest BCUT2D eigenvalue weighted by Crippen LogP contribution is -2.64. The maximum atomic E-state index is 13.4. The number of hydrogen-bond donors (Lipinski definition) is 3. The topological polar surface area (TPSA) is 119 Å². The number of primary amides is 2. The first-order valence-electron chi connectivity index (χ1n) is 11.9. The SMILES string of the molecule is CCC[C@H](C(N)=O)C(CC(C)C)C(=O)N1CCC(NC2CCCCC2)(C(N)=O)CC1. The van der Waals surface area contributed by atoms with Gasteiger partial charge in [-0.15, -0.1) is 0 Å². The zero-order valence-electron chi connectivity index (χ0n) is 19.1. The van der Waals surface area contributed by atoms with Crippen molar-refractivity contribution >= 4 is 17.7 Å². The van der Waals surface area contributed by atoms with E-state index in [2.05, 4.69) is 19.2 Å². The smallest absolute Gasteiger partial charge is 0.237 e. The predicted molar refractivity (Wildman–Crippen MR) is 118 cm³/mol. The highest BCUT2D eigenvalue weighted by Gasteiger charge is 2.44. The summed E-state index contributed by atoms with van der Waals surface area (Å²) in [5, 5.41) is 3.57. The van der Waals surface area contributed by atoms with Crippen LogP contribution in [0.4, 0.5) is 0 Å². The Balaban J connectivity index is 2.09. The average Bonchev–Trinajstić information content (AvgIpc) is 2.71. The molecular formula is C23H42N4O3. The van der Waals surface area contributed by atoms with Gasteiger partial charge in [0.15, 0.2) is 0 Å². The summed E-state index contributed by atoms with van der Waals surface area (Å²) in [6, 6.07) is 0.325. The lowest BCUT2D eigenvalue weighted by atomic mass is 9.79. The van der Waals surface area contributed by atoms with Gasteiger partial charge in [-0.3, -0.25) is 14.4 Å². The maximum absolute atomic E-state index is 13.4. The zero-order valence-corrected chi connectivity index (χ0v) is 19.1. The molecule has 1 saturated carbocycles. The summed E-state index contributed by atoms with van der Waals surface area (Å²) in [5.41, 5.74) is 10.8. The molecule has 172 valence electrons. The van der Waals surface area contributed by atoms with Crippen molar-refractivity contribution in [3.05, 3.63) is 0 Å². The Kier molecular flexibility index (Phi) is 9.13. The Hall–Kier alpha value is -1.63. The number of nitrogens with two attached hydrogens (primary N) is 2. The molecule has 1 aliphatic heterocycles. The summed E-state index contributed by atoms with van der Waals surface area (Å²) in [6.07, 6.45) is 8.88. The summed E-state index contributed by atoms with van der Waals surface area (Å²) in [4.78, 5) is 39.7. The molecule has 1 saturated heterocycles. The second kappa shape index (κ2) is 11.1. The fourth-order valence-corrected chi connectivity index (χ4v) is 5.24. The molecule has 2 atom stereocenters. The van der Waals surface area contributed by atoms with Gasteiger partial charge in [-0.05, 0) is 44.4 Å². The van der Waals surface area contributed by atoms with Crippen molar-refractivity contribution in [1.82, 2.24) is 10.2 Å². The van der Waals surface area contributed by atoms with E-state index >= 15 is 0 Å². The molecule has 1 heterocycles. The summed E-state index contributed by atoms with van der Waals surface area (Å²) in [6.45, 7) is 7.09. The van der Waals surface area contributed by atoms with E-state index in [1.165, 1.54) is 19.3 Å². The van der Waals surface area contributed by atoms with Crippen LogP contribution in [0.15, 0.2) is 0 Å². The highest BCUT2D eigenvalue weighted by molar-refractivity contribution is 5.88. The second-order valence-electron chi connectivity index (χ2n) is 9.78. The van der Waals surface area contributed by atoms with Crippen molar-refractivity contribution in [3.63, 3.8) is 0 Å². The monoisotopic (exact) mass is 422 g/mol. The average molecular weight is 423 g/mol. The number of amides is 3. The number of carbonyl (C=O) groups is 3. The second-order valence-corrected chi connectivity index (χ2v) is 9.78. The molecule has 5 N–H and O–H groups in total. The summed E-state index contributed by atoms with van der Waals surface area (Å²) in [5.74, 6) is -1.25. The molecule has 2 rings (SSSR count). The number of carbonyl (C=O) groups excluding carboxylic acids is 3. The van der Waals surface area contributed by atoms with E-state index in [9.17, 15) is 14.4 Å². The largest absolute Gasteiger partial charge is 0.369 e. The van der Waals surface area contributed by atoms with Gasteiger partial charge in [-0.1, -0.05) is 46.5 Å². The van der Waals surface area contributed by atoms with E-state index < -0.39 is 23.3 Å². The Bertz CT molecular complexity index is 593. The van der Waals surface area contributed by atoms with Gasteiger partial charge in [0.2, 0.25) is 17.7 Å². The molecule has 7 nitrogen and oxygen atoms in total. The Morgan fingerprint density at radius 2 is 1.63 bits per heavy atom. The molecule has 2 fully saturated rings. The Morgan fingerprint density at radius 1 is 1.03 bits per heavy atom. The molecule has 2 aliphatic rings. The first-order valence-corrected chi connectivity index (χ1v) is 11.9. The van der Waals surface area contributed by atoms with Crippen LogP contribution >= 0.6 is 0 Å². The standard InChI is InChI=1S/C23H42N4O3/c1-4-8-18(20(24)28)19(15-16(2)3)21(29)27-13-11-23(12-14-27,22(25)30)26-17-9-6-5-7-10-17/h16-19,26H,4-15H2,1-3H3,(H2,24,28)(H2,25,30)/t18-,19?/m0/s1. The van der Waals surface area contributed by atoms with Crippen molar-refractivity contribution in [3.8, 4) is 0 Å². The molecule has 0 bridgehead atoms. The third-order valence-corrected chi connectivity index (χ3v) is 6.98. The van der Waals surface area contributed by atoms with Crippen LogP contribution in [0.5, 0.6) is 0 Å². The van der Waals surface area contributed by atoms with Crippen LogP contribution in [0.2, 0.25) is 0 Å². The molecule has 0 aromatic carbocycles. The fraction of sp³-hybridized carbons (Fsp3) is 0.870. The molecule has 30 heavy (non-hydrogen) atoms. The maximum Gasteiger partial charge on any atom is 0.237 e. The Labute approximate surface area is 181 Å². The highest BCUT2D eigenvalue weighted by Crippen LogP contribution is 2.31. The van der Waals surface area contributed by atoms with Gasteiger partial charge in [-0.2, -0.15) is 0 Å². The number of likely N-dealkylation sites (tertiary alicyclic amines) is 1. The molecule has 1 unspecified atom stereocenters. The van der Waals surface area contributed by atoms with Gasteiger partial charge in [-0.25, -0.2) is 0 Å². The van der Waals surface area contributed by atoms with E-state index in [1.54, 1.807) is 0 Å². The molecule has 0 aromatic rings. The van der Waals surface area contributed by atoms with Crippen LogP contribution in [0.25, 0.3) is 0 Å². The van der Waals surface area contributed by atoms with E-state index in [0.717, 1.165) is 19.3 Å². The van der Waals surface area contributed by atoms with Crippen molar-refractivity contribution in [2.24, 2.45) is 29.2 Å². The zero-order chi connectivity index (χ0) is 22.3. The van der Waals surface area contributed by atoms with Crippen molar-refractivity contribution < 1.29 is 14.4 Å². The molecule has 3 amide bonds. The number of rotatable bonds is 10. The molecule has 0 spiro atoms. The van der Waals surface area contributed by atoms with Crippen LogP contribution in [0, 0.1) is 17.8 Å². The van der Waals surface area contributed by atoms with Gasteiger partial charge in [0.05, 0.1) is 0 Å². The predicted octanol–water partition coefficient (Wildman–Crippen LogP) is 2.32. The lowest BCUT2D eigenvalue weighted by molar-refractivity contribution is -0.145. The summed E-state index contributed by atoms with van der Waals surface area (Å²) in [7, 11) is 0. The van der Waals surface area contributed by atoms with E-state index in [4.69, 9.17) is 11.5 Å². The fourth-order valence-electron chi connectivity index (χ4n) is 5.24. The van der Waals surface area contributed by atoms with Gasteiger partial charge in [0, 0.05) is 31.0 Å². The minimum atomic E-state index is -0.737. The normalized spacial score (nSPS) is 21.9. The van der Waals surface area contributed by atoms with E-state index in [0.29, 0.717) is 50.7 Å². The third-order valence-electron chi connectivity index (χ3n) is 6.98. The number of piperidine rings is 1. The van der Waals surface area contributed by atoms with Crippen molar-refractivity contribution in [1.29, 1.82) is 0 Å². The van der Waals surface area contributed by atoms with Crippen LogP contribution in [0.1, 0.15) is 85.0 Å². The quantitative estimate of drug-likeness (QED) is 0.500. The molecule has 7 heteroatoms. The number of hydrogen-bond acceptors (Lipinski definition) is 4. The van der Waals surface area contributed by atoms with Gasteiger partial charge in [0.25, 0.3) is 0 Å². The highest BCUT2D eigenvalue weighted by atomic mass is 16.2. The lowest BCUT2D eigenvalue weighted by Gasteiger charge is -2.44. The van der Waals surface area contributed by atoms with E-state index in [1.807, 2.05) is 11.8 Å². The number of nitrogens with one attached hydrogen (secondary N) is 1. The molecule has 0 radical (unpaired) electrons. The Morgan fingerprint density at radius 3 is 2.10 bits per heavy atom. The van der Waals surface area contributed by atoms with Crippen LogP contribution in [-0.4, -0.2) is 47.3 Å². The minimum Gasteiger partial charge on any atom is -0.369 e. The summed E-state index contributed by atoms with van der Waals surface area (Å²) < 4.78 is 0. The molecular weight excluding hydrogens is 380 g/mol. The summed E-state index contributed by atoms with van der Waals surface area (Å²) >= 11 is 0. The number of nitrogens with zero attached hydrogens (tertiary/aromatic N) is 1. The van der Waals surface area contributed by atoms with Gasteiger partial charge < -0.3 is 21.7 Å². The minimum absolute atomic E-state index is 0.00307. The van der Waals surface area contributed by atoms with Gasteiger partial charge >= 0.3 is 0 Å². The van der Waals surface area contributed by atoms with E-state index in [-0.39, 0.29) is 11.8 Å². The third kappa shape index (κ3) is 6.19. The van der Waals surface area contributed by atoms with Crippen molar-refractivity contribution in [2.75, 3.05) is 13.1 Å². The van der Waals surface area contributed by atoms with Crippen LogP contribution < -0.4 is 16.8 Å². The molecule has 0 aromatic heterocycles.